The van der Waals surface area contributed by atoms with E-state index in [-0.39, 0.29) is 0 Å². The van der Waals surface area contributed by atoms with Gasteiger partial charge in [-0.3, -0.25) is 0 Å². The zero-order valence-electron chi connectivity index (χ0n) is 11.4. The molecule has 0 radical (unpaired) electrons. The fourth-order valence-corrected chi connectivity index (χ4v) is 3.61. The van der Waals surface area contributed by atoms with Gasteiger partial charge >= 0.3 is 0 Å². The summed E-state index contributed by atoms with van der Waals surface area (Å²) in [4.78, 5) is 2.40. The topological polar surface area (TPSA) is 3.24 Å². The zero-order valence-corrected chi connectivity index (χ0v) is 11.4. The minimum atomic E-state index is 1.00. The number of hydrogen-bond donors (Lipinski definition) is 0. The van der Waals surface area contributed by atoms with Crippen molar-refractivity contribution in [2.24, 2.45) is 11.8 Å². The van der Waals surface area contributed by atoms with Crippen molar-refractivity contribution in [3.8, 4) is 0 Å². The monoisotopic (exact) mass is 235 g/mol. The van der Waals surface area contributed by atoms with Crippen LogP contribution >= 0.6 is 0 Å². The quantitative estimate of drug-likeness (QED) is 0.688. The Morgan fingerprint density at radius 2 is 1.47 bits per heavy atom. The highest BCUT2D eigenvalue weighted by molar-refractivity contribution is 4.77. The van der Waals surface area contributed by atoms with Gasteiger partial charge in [0.2, 0.25) is 0 Å². The summed E-state index contributed by atoms with van der Waals surface area (Å²) in [5.41, 5.74) is 0. The molecule has 0 aromatic heterocycles. The largest absolute Gasteiger partial charge is 0.378 e. The van der Waals surface area contributed by atoms with E-state index >= 15 is 0 Å². The van der Waals surface area contributed by atoms with Crippen LogP contribution in [-0.4, -0.2) is 18.0 Å². The highest BCUT2D eigenvalue weighted by Crippen LogP contribution is 2.31. The molecule has 1 atom stereocenters. The summed E-state index contributed by atoms with van der Waals surface area (Å²) in [6.45, 7) is 6.38. The molecule has 2 fully saturated rings. The molecule has 1 saturated carbocycles. The number of hydrogen-bond acceptors (Lipinski definition) is 1. The number of likely N-dealkylation sites (tertiary alicyclic amines) is 1. The summed E-state index contributed by atoms with van der Waals surface area (Å²) >= 11 is 0. The maximum Gasteiger partial charge on any atom is 0.0174 e. The van der Waals surface area contributed by atoms with Crippen LogP contribution in [0.1, 0.15) is 64.2 Å². The third-order valence-electron chi connectivity index (χ3n) is 4.85. The van der Waals surface area contributed by atoms with Gasteiger partial charge in [0.15, 0.2) is 0 Å². The maximum absolute atomic E-state index is 3.90. The summed E-state index contributed by atoms with van der Waals surface area (Å²) < 4.78 is 0. The predicted molar refractivity (Wildman–Crippen MR) is 74.9 cm³/mol. The normalized spacial score (nSPS) is 27.8. The van der Waals surface area contributed by atoms with Crippen LogP contribution < -0.4 is 0 Å². The first-order valence-electron chi connectivity index (χ1n) is 7.75. The van der Waals surface area contributed by atoms with Crippen molar-refractivity contribution in [1.82, 2.24) is 4.90 Å². The number of rotatable bonds is 4. The van der Waals surface area contributed by atoms with Gasteiger partial charge in [-0.25, -0.2) is 0 Å². The van der Waals surface area contributed by atoms with Crippen molar-refractivity contribution in [2.75, 3.05) is 13.1 Å². The molecule has 1 aliphatic carbocycles. The van der Waals surface area contributed by atoms with E-state index in [0.29, 0.717) is 0 Å². The van der Waals surface area contributed by atoms with Gasteiger partial charge in [0, 0.05) is 13.1 Å². The Bertz CT molecular complexity index is 218. The Morgan fingerprint density at radius 1 is 0.824 bits per heavy atom. The van der Waals surface area contributed by atoms with Gasteiger partial charge in [-0.1, -0.05) is 51.5 Å². The molecule has 0 aromatic rings. The molecule has 17 heavy (non-hydrogen) atoms. The molecule has 1 unspecified atom stereocenters. The smallest absolute Gasteiger partial charge is 0.0174 e. The predicted octanol–water partition coefficient (Wildman–Crippen LogP) is 4.59. The lowest BCUT2D eigenvalue weighted by atomic mass is 9.83. The molecule has 0 amide bonds. The first-order valence-corrected chi connectivity index (χ1v) is 7.75. The van der Waals surface area contributed by atoms with Crippen LogP contribution in [0.3, 0.4) is 0 Å². The average molecular weight is 235 g/mol. The maximum atomic E-state index is 3.90. The molecular weight excluding hydrogens is 206 g/mol. The van der Waals surface area contributed by atoms with Crippen molar-refractivity contribution in [3.63, 3.8) is 0 Å². The number of nitrogens with zero attached hydrogens (tertiary/aromatic N) is 1. The molecule has 1 nitrogen and oxygen atoms in total. The van der Waals surface area contributed by atoms with Crippen LogP contribution in [0.5, 0.6) is 0 Å². The van der Waals surface area contributed by atoms with Crippen LogP contribution in [0, 0.1) is 11.8 Å². The molecule has 0 N–H and O–H groups in total. The fraction of sp³-hybridized carbons (Fsp3) is 0.875. The third-order valence-corrected chi connectivity index (χ3v) is 4.85. The van der Waals surface area contributed by atoms with Gasteiger partial charge in [-0.05, 0) is 37.3 Å². The molecule has 2 aliphatic rings. The highest BCUT2D eigenvalue weighted by Gasteiger charge is 2.18. The van der Waals surface area contributed by atoms with E-state index in [2.05, 4.69) is 11.5 Å². The minimum Gasteiger partial charge on any atom is -0.378 e. The first kappa shape index (κ1) is 13.0. The molecule has 1 heterocycles. The molecule has 1 heteroatoms. The lowest BCUT2D eigenvalue weighted by Gasteiger charge is -2.23. The third kappa shape index (κ3) is 4.37. The Morgan fingerprint density at radius 3 is 2.18 bits per heavy atom. The Kier molecular flexibility index (Phi) is 5.41. The molecular formula is C16H29N. The van der Waals surface area contributed by atoms with Crippen LogP contribution in [0.15, 0.2) is 12.8 Å². The minimum absolute atomic E-state index is 1.00. The summed E-state index contributed by atoms with van der Waals surface area (Å²) in [6.07, 6.45) is 16.8. The highest BCUT2D eigenvalue weighted by atomic mass is 15.1. The summed E-state index contributed by atoms with van der Waals surface area (Å²) in [5, 5.41) is 0. The van der Waals surface area contributed by atoms with E-state index < -0.39 is 0 Å². The second-order valence-corrected chi connectivity index (χ2v) is 6.10. The Balaban J connectivity index is 1.66. The van der Waals surface area contributed by atoms with Gasteiger partial charge in [-0.15, -0.1) is 0 Å². The van der Waals surface area contributed by atoms with Gasteiger partial charge in [0.25, 0.3) is 0 Å². The van der Waals surface area contributed by atoms with E-state index in [1.165, 1.54) is 77.3 Å². The average Bonchev–Trinajstić information content (AvgIpc) is 2.62. The Hall–Kier alpha value is -0.460. The van der Waals surface area contributed by atoms with Gasteiger partial charge in [-0.2, -0.15) is 0 Å². The van der Waals surface area contributed by atoms with Gasteiger partial charge in [0.05, 0.1) is 0 Å². The SMILES string of the molecule is C=CN1CCCC(CCC2CCCCC2)CC1. The van der Waals surface area contributed by atoms with Crippen molar-refractivity contribution in [1.29, 1.82) is 0 Å². The van der Waals surface area contributed by atoms with Crippen LogP contribution in [0.25, 0.3) is 0 Å². The summed E-state index contributed by atoms with van der Waals surface area (Å²) in [6, 6.07) is 0. The van der Waals surface area contributed by atoms with E-state index in [4.69, 9.17) is 0 Å². The summed E-state index contributed by atoms with van der Waals surface area (Å²) in [5.74, 6) is 2.07. The Labute approximate surface area is 107 Å². The standard InChI is InChI=1S/C16H29N/c1-2-17-13-6-9-16(12-14-17)11-10-15-7-4-3-5-8-15/h2,15-16H,1,3-14H2. The van der Waals surface area contributed by atoms with Crippen molar-refractivity contribution >= 4 is 0 Å². The molecule has 0 bridgehead atoms. The molecule has 2 rings (SSSR count). The van der Waals surface area contributed by atoms with Crippen LogP contribution in [0.2, 0.25) is 0 Å². The van der Waals surface area contributed by atoms with E-state index in [1.807, 2.05) is 6.20 Å². The van der Waals surface area contributed by atoms with E-state index in [0.717, 1.165) is 11.8 Å². The second kappa shape index (κ2) is 7.08. The molecule has 1 saturated heterocycles. The molecule has 1 aliphatic heterocycles. The van der Waals surface area contributed by atoms with Crippen molar-refractivity contribution in [2.45, 2.75) is 64.2 Å². The van der Waals surface area contributed by atoms with Crippen LogP contribution in [0.4, 0.5) is 0 Å². The first-order chi connectivity index (χ1) is 8.38. The van der Waals surface area contributed by atoms with E-state index in [9.17, 15) is 0 Å². The molecule has 0 spiro atoms. The fourth-order valence-electron chi connectivity index (χ4n) is 3.61. The molecule has 0 aromatic carbocycles. The lowest BCUT2D eigenvalue weighted by Crippen LogP contribution is -2.17. The van der Waals surface area contributed by atoms with Gasteiger partial charge in [0.1, 0.15) is 0 Å². The lowest BCUT2D eigenvalue weighted by molar-refractivity contribution is 0.296. The van der Waals surface area contributed by atoms with Crippen molar-refractivity contribution < 1.29 is 0 Å². The second-order valence-electron chi connectivity index (χ2n) is 6.10. The molecule has 98 valence electrons. The van der Waals surface area contributed by atoms with Gasteiger partial charge < -0.3 is 4.90 Å². The van der Waals surface area contributed by atoms with Crippen LogP contribution in [-0.2, 0) is 0 Å². The van der Waals surface area contributed by atoms with E-state index in [1.54, 1.807) is 0 Å². The zero-order chi connectivity index (χ0) is 11.9. The van der Waals surface area contributed by atoms with Crippen molar-refractivity contribution in [3.05, 3.63) is 12.8 Å². The summed E-state index contributed by atoms with van der Waals surface area (Å²) in [7, 11) is 0.